The molecule has 2 heterocycles. The topological polar surface area (TPSA) is 86.7 Å². The highest BCUT2D eigenvalue weighted by molar-refractivity contribution is 5.81. The van der Waals surface area contributed by atoms with Crippen LogP contribution in [-0.4, -0.2) is 31.6 Å². The maximum Gasteiger partial charge on any atom is 0.182 e. The third-order valence-electron chi connectivity index (χ3n) is 3.13. The van der Waals surface area contributed by atoms with Gasteiger partial charge in [0.05, 0.1) is 12.9 Å². The highest BCUT2D eigenvalue weighted by Crippen LogP contribution is 2.14. The molecule has 6 heteroatoms. The monoisotopic (exact) mass is 269 g/mol. The molecule has 3 N–H and O–H groups in total. The Morgan fingerprint density at radius 2 is 1.85 bits per heavy atom. The van der Waals surface area contributed by atoms with Crippen molar-refractivity contribution in [1.82, 2.24) is 19.9 Å². The molecule has 0 aliphatic heterocycles. The molecular weight excluding hydrogens is 254 g/mol. The molecule has 0 unspecified atom stereocenters. The summed E-state index contributed by atoms with van der Waals surface area (Å²) in [4.78, 5) is 15.4. The first kappa shape index (κ1) is 12.6. The quantitative estimate of drug-likeness (QED) is 0.653. The van der Waals surface area contributed by atoms with Crippen LogP contribution in [0.2, 0.25) is 0 Å². The van der Waals surface area contributed by atoms with Gasteiger partial charge >= 0.3 is 0 Å². The Morgan fingerprint density at radius 1 is 1.05 bits per heavy atom. The minimum absolute atomic E-state index is 0.0806. The van der Waals surface area contributed by atoms with Crippen LogP contribution in [0.1, 0.15) is 11.1 Å². The van der Waals surface area contributed by atoms with Gasteiger partial charge in [0.2, 0.25) is 0 Å². The molecule has 0 aliphatic carbocycles. The molecule has 3 aromatic rings. The number of aromatic amines is 1. The Labute approximate surface area is 115 Å². The van der Waals surface area contributed by atoms with Crippen LogP contribution in [0, 0.1) is 0 Å². The van der Waals surface area contributed by atoms with Crippen LogP contribution in [0.4, 0.5) is 5.82 Å². The molecule has 0 fully saturated rings. The smallest absolute Gasteiger partial charge is 0.182 e. The fourth-order valence-corrected chi connectivity index (χ4v) is 2.04. The SMILES string of the molecule is OCc1ccc(CCNc2ncnc3nc[nH]c23)cc1. The number of aliphatic hydroxyl groups is 1. The van der Waals surface area contributed by atoms with Crippen LogP contribution in [0.5, 0.6) is 0 Å². The van der Waals surface area contributed by atoms with Crippen molar-refractivity contribution < 1.29 is 5.11 Å². The van der Waals surface area contributed by atoms with Gasteiger partial charge in [0.1, 0.15) is 11.8 Å². The minimum Gasteiger partial charge on any atom is -0.392 e. The fourth-order valence-electron chi connectivity index (χ4n) is 2.04. The zero-order chi connectivity index (χ0) is 13.8. The van der Waals surface area contributed by atoms with Crippen molar-refractivity contribution >= 4 is 17.0 Å². The van der Waals surface area contributed by atoms with E-state index in [9.17, 15) is 0 Å². The Kier molecular flexibility index (Phi) is 3.56. The molecule has 2 aromatic heterocycles. The number of rotatable bonds is 5. The van der Waals surface area contributed by atoms with Gasteiger partial charge in [-0.3, -0.25) is 0 Å². The van der Waals surface area contributed by atoms with E-state index in [1.807, 2.05) is 24.3 Å². The zero-order valence-electron chi connectivity index (χ0n) is 10.9. The van der Waals surface area contributed by atoms with Gasteiger partial charge in [-0.2, -0.15) is 0 Å². The van der Waals surface area contributed by atoms with Crippen LogP contribution in [0.25, 0.3) is 11.2 Å². The van der Waals surface area contributed by atoms with E-state index in [0.717, 1.165) is 29.9 Å². The summed E-state index contributed by atoms with van der Waals surface area (Å²) in [6.45, 7) is 0.848. The van der Waals surface area contributed by atoms with Crippen LogP contribution < -0.4 is 5.32 Å². The number of H-pyrrole nitrogens is 1. The van der Waals surface area contributed by atoms with E-state index in [1.54, 1.807) is 6.33 Å². The van der Waals surface area contributed by atoms with E-state index in [0.29, 0.717) is 5.65 Å². The first-order chi connectivity index (χ1) is 9.86. The number of anilines is 1. The number of fused-ring (bicyclic) bond motifs is 1. The van der Waals surface area contributed by atoms with Gasteiger partial charge in [0.25, 0.3) is 0 Å². The predicted molar refractivity (Wildman–Crippen MR) is 76.2 cm³/mol. The first-order valence-electron chi connectivity index (χ1n) is 6.43. The largest absolute Gasteiger partial charge is 0.392 e. The Hall–Kier alpha value is -2.47. The Balaban J connectivity index is 1.63. The van der Waals surface area contributed by atoms with Crippen LogP contribution >= 0.6 is 0 Å². The summed E-state index contributed by atoms with van der Waals surface area (Å²) < 4.78 is 0. The average Bonchev–Trinajstić information content (AvgIpc) is 2.97. The fraction of sp³-hybridized carbons (Fsp3) is 0.214. The lowest BCUT2D eigenvalue weighted by Crippen LogP contribution is -2.07. The zero-order valence-corrected chi connectivity index (χ0v) is 10.9. The van der Waals surface area contributed by atoms with Gasteiger partial charge in [-0.25, -0.2) is 15.0 Å². The molecule has 0 atom stereocenters. The molecule has 1 aromatic carbocycles. The molecule has 20 heavy (non-hydrogen) atoms. The van der Waals surface area contributed by atoms with E-state index in [-0.39, 0.29) is 6.61 Å². The number of aliphatic hydroxyl groups excluding tert-OH is 1. The lowest BCUT2D eigenvalue weighted by molar-refractivity contribution is 0.282. The third-order valence-corrected chi connectivity index (χ3v) is 3.13. The summed E-state index contributed by atoms with van der Waals surface area (Å²) in [5, 5.41) is 12.3. The third kappa shape index (κ3) is 2.60. The summed E-state index contributed by atoms with van der Waals surface area (Å²) in [5.74, 6) is 0.763. The molecule has 3 rings (SSSR count). The van der Waals surface area contributed by atoms with Crippen molar-refractivity contribution in [3.05, 3.63) is 48.0 Å². The summed E-state index contributed by atoms with van der Waals surface area (Å²) in [6.07, 6.45) is 3.99. The molecule has 6 nitrogen and oxygen atoms in total. The van der Waals surface area contributed by atoms with Crippen LogP contribution in [0.15, 0.2) is 36.9 Å². The van der Waals surface area contributed by atoms with Gasteiger partial charge in [-0.05, 0) is 17.5 Å². The summed E-state index contributed by atoms with van der Waals surface area (Å²) in [5.41, 5.74) is 3.62. The second kappa shape index (κ2) is 5.66. The molecule has 0 spiro atoms. The van der Waals surface area contributed by atoms with Crippen LogP contribution in [-0.2, 0) is 13.0 Å². The Morgan fingerprint density at radius 3 is 2.65 bits per heavy atom. The maximum absolute atomic E-state index is 9.00. The molecule has 0 amide bonds. The Bertz CT molecular complexity index is 692. The highest BCUT2D eigenvalue weighted by Gasteiger charge is 2.04. The summed E-state index contributed by atoms with van der Waals surface area (Å²) in [6, 6.07) is 7.93. The summed E-state index contributed by atoms with van der Waals surface area (Å²) in [7, 11) is 0. The first-order valence-corrected chi connectivity index (χ1v) is 6.43. The lowest BCUT2D eigenvalue weighted by atomic mass is 10.1. The van der Waals surface area contributed by atoms with Crippen LogP contribution in [0.3, 0.4) is 0 Å². The van der Waals surface area contributed by atoms with E-state index in [2.05, 4.69) is 25.3 Å². The average molecular weight is 269 g/mol. The maximum atomic E-state index is 9.00. The lowest BCUT2D eigenvalue weighted by Gasteiger charge is -2.06. The normalized spacial score (nSPS) is 10.8. The molecular formula is C14H15N5O. The van der Waals surface area contributed by atoms with Gasteiger partial charge in [0, 0.05) is 6.54 Å². The van der Waals surface area contributed by atoms with E-state index < -0.39 is 0 Å². The van der Waals surface area contributed by atoms with Crippen molar-refractivity contribution in [2.45, 2.75) is 13.0 Å². The van der Waals surface area contributed by atoms with Crippen molar-refractivity contribution in [2.75, 3.05) is 11.9 Å². The molecule has 0 saturated heterocycles. The number of hydrogen-bond donors (Lipinski definition) is 3. The number of hydrogen-bond acceptors (Lipinski definition) is 5. The second-order valence-electron chi connectivity index (χ2n) is 4.47. The standard InChI is InChI=1S/C14H15N5O/c20-7-11-3-1-10(2-4-11)5-6-15-13-12-14(17-8-16-12)19-9-18-13/h1-4,8-9,20H,5-7H2,(H2,15,16,17,18,19). The highest BCUT2D eigenvalue weighted by atomic mass is 16.3. The number of benzene rings is 1. The number of nitrogens with one attached hydrogen (secondary N) is 2. The molecule has 102 valence electrons. The molecule has 0 aliphatic rings. The van der Waals surface area contributed by atoms with Crippen molar-refractivity contribution in [3.63, 3.8) is 0 Å². The number of aromatic nitrogens is 4. The molecule has 0 radical (unpaired) electrons. The minimum atomic E-state index is 0.0806. The van der Waals surface area contributed by atoms with Gasteiger partial charge in [0.15, 0.2) is 11.5 Å². The second-order valence-corrected chi connectivity index (χ2v) is 4.47. The summed E-state index contributed by atoms with van der Waals surface area (Å²) >= 11 is 0. The van der Waals surface area contributed by atoms with Crippen molar-refractivity contribution in [2.24, 2.45) is 0 Å². The molecule has 0 bridgehead atoms. The molecule has 0 saturated carbocycles. The van der Waals surface area contributed by atoms with Crippen molar-refractivity contribution in [3.8, 4) is 0 Å². The van der Waals surface area contributed by atoms with Gasteiger partial charge < -0.3 is 15.4 Å². The van der Waals surface area contributed by atoms with E-state index >= 15 is 0 Å². The van der Waals surface area contributed by atoms with Crippen molar-refractivity contribution in [1.29, 1.82) is 0 Å². The van der Waals surface area contributed by atoms with Gasteiger partial charge in [-0.1, -0.05) is 24.3 Å². The predicted octanol–water partition coefficient (Wildman–Crippen LogP) is 1.50. The van der Waals surface area contributed by atoms with E-state index in [1.165, 1.54) is 11.9 Å². The number of nitrogens with zero attached hydrogens (tertiary/aromatic N) is 3. The van der Waals surface area contributed by atoms with Gasteiger partial charge in [-0.15, -0.1) is 0 Å². The number of imidazole rings is 1. The van der Waals surface area contributed by atoms with E-state index in [4.69, 9.17) is 5.11 Å².